The van der Waals surface area contributed by atoms with Crippen LogP contribution in [0.25, 0.3) is 0 Å². The Labute approximate surface area is 248 Å². The number of nitrogens with one attached hydrogen (secondary N) is 2. The highest BCUT2D eigenvalue weighted by atomic mass is 32.1. The van der Waals surface area contributed by atoms with E-state index >= 15 is 0 Å². The van der Waals surface area contributed by atoms with Crippen LogP contribution in [0.4, 0.5) is 4.39 Å². The number of aryl methyl sites for hydroxylation is 1. The molecule has 2 aromatic rings. The summed E-state index contributed by atoms with van der Waals surface area (Å²) < 4.78 is 20.4. The monoisotopic (exact) mass is 585 g/mol. The zero-order valence-corrected chi connectivity index (χ0v) is 25.1. The second kappa shape index (κ2) is 14.5. The van der Waals surface area contributed by atoms with Crippen molar-refractivity contribution in [3.63, 3.8) is 0 Å². The van der Waals surface area contributed by atoms with Gasteiger partial charge in [-0.05, 0) is 85.9 Å². The minimum absolute atomic E-state index is 0.101. The minimum Gasteiger partial charge on any atom is -0.493 e. The van der Waals surface area contributed by atoms with Gasteiger partial charge in [-0.3, -0.25) is 9.59 Å². The summed E-state index contributed by atoms with van der Waals surface area (Å²) in [4.78, 5) is 28.0. The molecule has 3 N–H and O–H groups in total. The van der Waals surface area contributed by atoms with Gasteiger partial charge in [0.25, 0.3) is 0 Å². The first-order chi connectivity index (χ1) is 19.7. The Bertz CT molecular complexity index is 1190. The predicted molar refractivity (Wildman–Crippen MR) is 162 cm³/mol. The van der Waals surface area contributed by atoms with Gasteiger partial charge >= 0.3 is 0 Å². The van der Waals surface area contributed by atoms with Crippen molar-refractivity contribution in [2.24, 2.45) is 0 Å². The van der Waals surface area contributed by atoms with Crippen LogP contribution in [0, 0.1) is 5.82 Å². The number of carbonyl (C=O) groups excluding carboxylic acids is 2. The van der Waals surface area contributed by atoms with E-state index in [1.165, 1.54) is 28.2 Å². The number of thiol groups is 1. The Morgan fingerprint density at radius 1 is 1.20 bits per heavy atom. The van der Waals surface area contributed by atoms with E-state index in [1.807, 2.05) is 0 Å². The lowest BCUT2D eigenvalue weighted by atomic mass is 9.97. The number of likely N-dealkylation sites (N-methyl/N-ethyl adjacent to an activating group) is 1. The molecule has 224 valence electrons. The summed E-state index contributed by atoms with van der Waals surface area (Å²) in [5.74, 6) is -0.0377. The second-order valence-corrected chi connectivity index (χ2v) is 11.8. The molecule has 2 amide bonds. The van der Waals surface area contributed by atoms with Crippen LogP contribution in [0.15, 0.2) is 42.5 Å². The molecular weight excluding hydrogens is 541 g/mol. The maximum absolute atomic E-state index is 14.6. The largest absolute Gasteiger partial charge is 0.493 e. The number of carbonyl (C=O) groups is 2. The van der Waals surface area contributed by atoms with Gasteiger partial charge in [-0.2, -0.15) is 12.6 Å². The molecule has 1 aliphatic heterocycles. The van der Waals surface area contributed by atoms with Crippen LogP contribution >= 0.6 is 12.6 Å². The van der Waals surface area contributed by atoms with Crippen molar-refractivity contribution >= 4 is 24.4 Å². The lowest BCUT2D eigenvalue weighted by molar-refractivity contribution is -0.139. The van der Waals surface area contributed by atoms with E-state index in [-0.39, 0.29) is 30.3 Å². The first kappa shape index (κ1) is 31.3. The molecule has 9 heteroatoms. The number of fused-ring (bicyclic) bond motifs is 2. The summed E-state index contributed by atoms with van der Waals surface area (Å²) in [7, 11) is 1.65. The molecule has 7 nitrogen and oxygen atoms in total. The molecule has 2 aromatic carbocycles. The van der Waals surface area contributed by atoms with Gasteiger partial charge in [0.1, 0.15) is 17.6 Å². The Balaban J connectivity index is 1.57. The molecule has 0 spiro atoms. The Kier molecular flexibility index (Phi) is 11.1. The van der Waals surface area contributed by atoms with Crippen LogP contribution < -0.4 is 15.4 Å². The number of hydrogen-bond acceptors (Lipinski definition) is 6. The highest BCUT2D eigenvalue weighted by Gasteiger charge is 2.44. The van der Waals surface area contributed by atoms with Crippen molar-refractivity contribution in [3.05, 3.63) is 65.0 Å². The predicted octanol–water partition coefficient (Wildman–Crippen LogP) is 4.15. The quantitative estimate of drug-likeness (QED) is 0.350. The summed E-state index contributed by atoms with van der Waals surface area (Å²) >= 11 is 4.33. The van der Waals surface area contributed by atoms with Gasteiger partial charge in [-0.25, -0.2) is 4.39 Å². The number of hydrogen-bond donors (Lipinski definition) is 4. The normalized spacial score (nSPS) is 22.5. The van der Waals surface area contributed by atoms with Crippen LogP contribution in [0.3, 0.4) is 0 Å². The fourth-order valence-corrected chi connectivity index (χ4v) is 5.82. The van der Waals surface area contributed by atoms with Gasteiger partial charge in [-0.15, -0.1) is 0 Å². The lowest BCUT2D eigenvalue weighted by Gasteiger charge is -2.32. The van der Waals surface area contributed by atoms with E-state index in [1.54, 1.807) is 13.1 Å². The van der Waals surface area contributed by atoms with E-state index in [0.29, 0.717) is 42.9 Å². The molecule has 1 saturated carbocycles. The summed E-state index contributed by atoms with van der Waals surface area (Å²) in [5.41, 5.74) is 2.88. The molecule has 2 bridgehead atoms. The molecule has 41 heavy (non-hydrogen) atoms. The average Bonchev–Trinajstić information content (AvgIpc) is 3.76. The molecule has 0 saturated heterocycles. The third-order valence-corrected chi connectivity index (χ3v) is 8.59. The van der Waals surface area contributed by atoms with Gasteiger partial charge in [0, 0.05) is 31.6 Å². The Hall–Kier alpha value is -2.62. The molecule has 1 fully saturated rings. The van der Waals surface area contributed by atoms with Crippen LogP contribution in [0.2, 0.25) is 0 Å². The van der Waals surface area contributed by atoms with E-state index in [2.05, 4.69) is 54.5 Å². The van der Waals surface area contributed by atoms with Gasteiger partial charge in [-0.1, -0.05) is 31.2 Å². The molecule has 2 aliphatic rings. The maximum atomic E-state index is 14.6. The van der Waals surface area contributed by atoms with Crippen molar-refractivity contribution < 1.29 is 23.8 Å². The van der Waals surface area contributed by atoms with Gasteiger partial charge in [0.15, 0.2) is 0 Å². The number of rotatable bonds is 8. The fraction of sp³-hybridized carbons (Fsp3) is 0.562. The molecule has 0 radical (unpaired) electrons. The number of ether oxygens (including phenoxy) is 1. The molecule has 3 atom stereocenters. The van der Waals surface area contributed by atoms with Crippen LogP contribution in [-0.4, -0.2) is 66.0 Å². The number of halogens is 1. The third-order valence-electron chi connectivity index (χ3n) is 8.34. The molecular formula is C32H44FN3O4S. The number of nitrogens with zero attached hydrogens (tertiary/aromatic N) is 1. The Morgan fingerprint density at radius 3 is 2.73 bits per heavy atom. The number of benzene rings is 2. The first-order valence-corrected chi connectivity index (χ1v) is 15.5. The Morgan fingerprint density at radius 2 is 2.00 bits per heavy atom. The van der Waals surface area contributed by atoms with E-state index in [9.17, 15) is 19.1 Å². The van der Waals surface area contributed by atoms with E-state index in [0.717, 1.165) is 32.1 Å². The van der Waals surface area contributed by atoms with Crippen molar-refractivity contribution in [1.82, 2.24) is 15.5 Å². The summed E-state index contributed by atoms with van der Waals surface area (Å²) in [6.45, 7) is 2.79. The van der Waals surface area contributed by atoms with Gasteiger partial charge < -0.3 is 25.4 Å². The lowest BCUT2D eigenvalue weighted by Crippen LogP contribution is -2.55. The maximum Gasteiger partial charge on any atom is 0.243 e. The smallest absolute Gasteiger partial charge is 0.243 e. The van der Waals surface area contributed by atoms with E-state index in [4.69, 9.17) is 4.74 Å². The van der Waals surface area contributed by atoms with Gasteiger partial charge in [0.2, 0.25) is 11.8 Å². The van der Waals surface area contributed by atoms with Crippen LogP contribution in [-0.2, 0) is 28.0 Å². The summed E-state index contributed by atoms with van der Waals surface area (Å²) in [6, 6.07) is 11.6. The fourth-order valence-electron chi connectivity index (χ4n) is 5.58. The van der Waals surface area contributed by atoms with Crippen molar-refractivity contribution in [1.29, 1.82) is 0 Å². The van der Waals surface area contributed by atoms with Crippen molar-refractivity contribution in [3.8, 4) is 5.75 Å². The SMILES string of the molecule is CCc1cccc(C2(NC[C@@H](O)C3Cc4cc(F)cc(c4)OCCCCCC(=O)N(C)C(CCS)C(=O)N3)CC2)c1. The first-order valence-electron chi connectivity index (χ1n) is 14.9. The molecule has 1 heterocycles. The van der Waals surface area contributed by atoms with Crippen molar-refractivity contribution in [2.75, 3.05) is 26.0 Å². The summed E-state index contributed by atoms with van der Waals surface area (Å²) in [5, 5.41) is 18.0. The minimum atomic E-state index is -0.963. The topological polar surface area (TPSA) is 90.9 Å². The zero-order chi connectivity index (χ0) is 29.4. The molecule has 4 rings (SSSR count). The van der Waals surface area contributed by atoms with Crippen LogP contribution in [0.1, 0.15) is 68.6 Å². The number of amides is 2. The van der Waals surface area contributed by atoms with E-state index < -0.39 is 24.0 Å². The van der Waals surface area contributed by atoms with Crippen LogP contribution in [0.5, 0.6) is 5.75 Å². The van der Waals surface area contributed by atoms with Gasteiger partial charge in [0.05, 0.1) is 18.8 Å². The molecule has 0 aromatic heterocycles. The summed E-state index contributed by atoms with van der Waals surface area (Å²) in [6.07, 6.45) is 5.02. The number of aliphatic hydroxyl groups excluding tert-OH is 1. The van der Waals surface area contributed by atoms with Crippen molar-refractivity contribution in [2.45, 2.75) is 88.4 Å². The molecule has 2 unspecified atom stereocenters. The zero-order valence-electron chi connectivity index (χ0n) is 24.2. The highest BCUT2D eigenvalue weighted by molar-refractivity contribution is 7.80. The highest BCUT2D eigenvalue weighted by Crippen LogP contribution is 2.45. The average molecular weight is 586 g/mol. The number of aliphatic hydroxyl groups is 1. The standard InChI is InChI=1S/C32H44FN3O4S/c1-3-22-8-7-9-24(16-22)32(12-13-32)34-21-29(37)27-19-23-17-25(33)20-26(18-23)40-14-6-4-5-10-30(38)36(2)28(11-15-41)31(39)35-27/h7-9,16-18,20,27-29,34,37,41H,3-6,10-15,19,21H2,1-2H3,(H,35,39)/t27?,28?,29-/m1/s1. The second-order valence-electron chi connectivity index (χ2n) is 11.4. The molecule has 1 aliphatic carbocycles. The third kappa shape index (κ3) is 8.46.